The Labute approximate surface area is 189 Å². The van der Waals surface area contributed by atoms with Gasteiger partial charge in [0.2, 0.25) is 0 Å². The average molecular weight is 515 g/mol. The summed E-state index contributed by atoms with van der Waals surface area (Å²) < 4.78 is 5.47. The molecule has 3 rings (SSSR count). The van der Waals surface area contributed by atoms with E-state index in [1.165, 1.54) is 11.3 Å². The standard InChI is InChI=1S/C21H27ClN4O.HI/c1-23-21(24-11-10-17-6-2-4-8-19(17)22)25-16-18-7-3-5-9-20(18)26-12-14-27-15-13-26;/h2-9H,10-16H2,1H3,(H2,23,24,25);1H. The second kappa shape index (κ2) is 12.1. The first-order chi connectivity index (χ1) is 13.3. The fourth-order valence-electron chi connectivity index (χ4n) is 3.19. The van der Waals surface area contributed by atoms with Crippen LogP contribution in [0.15, 0.2) is 53.5 Å². The molecule has 0 amide bonds. The lowest BCUT2D eigenvalue weighted by Gasteiger charge is -2.30. The van der Waals surface area contributed by atoms with Gasteiger partial charge in [0.05, 0.1) is 13.2 Å². The Morgan fingerprint density at radius 3 is 2.43 bits per heavy atom. The SMILES string of the molecule is CN=C(NCCc1ccccc1Cl)NCc1ccccc1N1CCOCC1.I. The van der Waals surface area contributed by atoms with Gasteiger partial charge >= 0.3 is 0 Å². The van der Waals surface area contributed by atoms with Crippen molar-refractivity contribution >= 4 is 47.2 Å². The van der Waals surface area contributed by atoms with Crippen molar-refractivity contribution in [3.63, 3.8) is 0 Å². The summed E-state index contributed by atoms with van der Waals surface area (Å²) in [6.07, 6.45) is 0.852. The van der Waals surface area contributed by atoms with Gasteiger partial charge in [-0.25, -0.2) is 0 Å². The summed E-state index contributed by atoms with van der Waals surface area (Å²) in [6, 6.07) is 16.4. The second-order valence-corrected chi connectivity index (χ2v) is 6.83. The number of anilines is 1. The molecule has 5 nitrogen and oxygen atoms in total. The Balaban J connectivity index is 0.00000280. The third-order valence-electron chi connectivity index (χ3n) is 4.66. The van der Waals surface area contributed by atoms with Gasteiger partial charge in [-0.2, -0.15) is 0 Å². The molecule has 0 atom stereocenters. The smallest absolute Gasteiger partial charge is 0.191 e. The zero-order valence-electron chi connectivity index (χ0n) is 16.2. The van der Waals surface area contributed by atoms with Crippen molar-refractivity contribution in [2.45, 2.75) is 13.0 Å². The van der Waals surface area contributed by atoms with Crippen LogP contribution in [0.3, 0.4) is 0 Å². The molecule has 1 heterocycles. The molecule has 1 aliphatic rings. The van der Waals surface area contributed by atoms with Crippen LogP contribution in [0, 0.1) is 0 Å². The third kappa shape index (κ3) is 6.53. The number of hydrogen-bond acceptors (Lipinski definition) is 3. The molecule has 1 fully saturated rings. The van der Waals surface area contributed by atoms with Crippen LogP contribution in [-0.2, 0) is 17.7 Å². The molecule has 0 spiro atoms. The molecule has 2 aromatic carbocycles. The van der Waals surface area contributed by atoms with Crippen molar-refractivity contribution in [3.8, 4) is 0 Å². The van der Waals surface area contributed by atoms with Crippen LogP contribution in [0.2, 0.25) is 5.02 Å². The predicted molar refractivity (Wildman–Crippen MR) is 128 cm³/mol. The number of benzene rings is 2. The molecule has 1 saturated heterocycles. The molecular formula is C21H28ClIN4O. The van der Waals surface area contributed by atoms with Crippen molar-refractivity contribution in [2.24, 2.45) is 4.99 Å². The van der Waals surface area contributed by atoms with Gasteiger partial charge < -0.3 is 20.3 Å². The molecule has 1 aliphatic heterocycles. The number of rotatable bonds is 6. The monoisotopic (exact) mass is 514 g/mol. The molecule has 2 N–H and O–H groups in total. The first-order valence-corrected chi connectivity index (χ1v) is 9.74. The maximum Gasteiger partial charge on any atom is 0.191 e. The summed E-state index contributed by atoms with van der Waals surface area (Å²) in [5.41, 5.74) is 3.66. The second-order valence-electron chi connectivity index (χ2n) is 6.42. The molecule has 0 bridgehead atoms. The molecule has 0 saturated carbocycles. The lowest BCUT2D eigenvalue weighted by molar-refractivity contribution is 0.122. The van der Waals surface area contributed by atoms with Gasteiger partial charge in [-0.1, -0.05) is 48.0 Å². The van der Waals surface area contributed by atoms with E-state index >= 15 is 0 Å². The number of nitrogens with zero attached hydrogens (tertiary/aromatic N) is 2. The number of morpholine rings is 1. The summed E-state index contributed by atoms with van der Waals surface area (Å²) in [5.74, 6) is 0.791. The molecule has 152 valence electrons. The first-order valence-electron chi connectivity index (χ1n) is 9.36. The summed E-state index contributed by atoms with van der Waals surface area (Å²) in [4.78, 5) is 6.71. The average Bonchev–Trinajstić information content (AvgIpc) is 2.72. The fraction of sp³-hybridized carbons (Fsp3) is 0.381. The minimum Gasteiger partial charge on any atom is -0.378 e. The van der Waals surface area contributed by atoms with Crippen molar-refractivity contribution < 1.29 is 4.74 Å². The summed E-state index contributed by atoms with van der Waals surface area (Å²) in [7, 11) is 1.79. The zero-order valence-corrected chi connectivity index (χ0v) is 19.2. The summed E-state index contributed by atoms with van der Waals surface area (Å²) in [5, 5.41) is 7.58. The van der Waals surface area contributed by atoms with E-state index in [0.29, 0.717) is 0 Å². The fourth-order valence-corrected chi connectivity index (χ4v) is 3.42. The number of halogens is 2. The van der Waals surface area contributed by atoms with Gasteiger partial charge in [-0.05, 0) is 29.7 Å². The van der Waals surface area contributed by atoms with E-state index in [1.54, 1.807) is 7.05 Å². The zero-order chi connectivity index (χ0) is 18.9. The molecule has 28 heavy (non-hydrogen) atoms. The quantitative estimate of drug-likeness (QED) is 0.351. The number of aliphatic imine (C=N–C) groups is 1. The predicted octanol–water partition coefficient (Wildman–Crippen LogP) is 3.70. The topological polar surface area (TPSA) is 48.9 Å². The molecule has 0 aromatic heterocycles. The van der Waals surface area contributed by atoms with E-state index in [0.717, 1.165) is 62.4 Å². The lowest BCUT2D eigenvalue weighted by Crippen LogP contribution is -2.39. The Morgan fingerprint density at radius 1 is 1.04 bits per heavy atom. The van der Waals surface area contributed by atoms with Gasteiger partial charge in [-0.3, -0.25) is 4.99 Å². The maximum atomic E-state index is 6.22. The Kier molecular flexibility index (Phi) is 9.87. The van der Waals surface area contributed by atoms with Gasteiger partial charge in [0, 0.05) is 43.9 Å². The van der Waals surface area contributed by atoms with Crippen LogP contribution in [0.5, 0.6) is 0 Å². The van der Waals surface area contributed by atoms with Gasteiger partial charge in [0.25, 0.3) is 0 Å². The number of para-hydroxylation sites is 1. The van der Waals surface area contributed by atoms with Crippen LogP contribution in [0.1, 0.15) is 11.1 Å². The number of ether oxygens (including phenoxy) is 1. The van der Waals surface area contributed by atoms with Gasteiger partial charge in [-0.15, -0.1) is 24.0 Å². The molecule has 2 aromatic rings. The van der Waals surface area contributed by atoms with Crippen LogP contribution >= 0.6 is 35.6 Å². The van der Waals surface area contributed by atoms with Crippen molar-refractivity contribution in [2.75, 3.05) is 44.8 Å². The number of hydrogen-bond donors (Lipinski definition) is 2. The van der Waals surface area contributed by atoms with E-state index in [2.05, 4.69) is 50.9 Å². The molecule has 7 heteroatoms. The van der Waals surface area contributed by atoms with Crippen LogP contribution in [0.25, 0.3) is 0 Å². The van der Waals surface area contributed by atoms with Crippen molar-refractivity contribution in [1.82, 2.24) is 10.6 Å². The first kappa shape index (κ1) is 22.8. The molecular weight excluding hydrogens is 487 g/mol. The highest BCUT2D eigenvalue weighted by Crippen LogP contribution is 2.21. The molecule has 0 radical (unpaired) electrons. The van der Waals surface area contributed by atoms with E-state index in [1.807, 2.05) is 18.2 Å². The molecule has 0 unspecified atom stereocenters. The van der Waals surface area contributed by atoms with Crippen LogP contribution in [0.4, 0.5) is 5.69 Å². The van der Waals surface area contributed by atoms with E-state index < -0.39 is 0 Å². The van der Waals surface area contributed by atoms with E-state index in [9.17, 15) is 0 Å². The maximum absolute atomic E-state index is 6.22. The lowest BCUT2D eigenvalue weighted by atomic mass is 10.1. The largest absolute Gasteiger partial charge is 0.378 e. The van der Waals surface area contributed by atoms with Crippen molar-refractivity contribution in [3.05, 3.63) is 64.7 Å². The Morgan fingerprint density at radius 2 is 1.71 bits per heavy atom. The Hall–Kier alpha value is -1.51. The highest BCUT2D eigenvalue weighted by Gasteiger charge is 2.14. The third-order valence-corrected chi connectivity index (χ3v) is 5.03. The van der Waals surface area contributed by atoms with Gasteiger partial charge in [0.15, 0.2) is 5.96 Å². The van der Waals surface area contributed by atoms with Gasteiger partial charge in [0.1, 0.15) is 0 Å². The number of guanidine groups is 1. The molecule has 0 aliphatic carbocycles. The highest BCUT2D eigenvalue weighted by molar-refractivity contribution is 14.0. The minimum atomic E-state index is 0. The van der Waals surface area contributed by atoms with E-state index in [-0.39, 0.29) is 24.0 Å². The van der Waals surface area contributed by atoms with E-state index in [4.69, 9.17) is 16.3 Å². The van der Waals surface area contributed by atoms with Crippen molar-refractivity contribution in [1.29, 1.82) is 0 Å². The summed E-state index contributed by atoms with van der Waals surface area (Å²) >= 11 is 6.22. The number of nitrogens with one attached hydrogen (secondary N) is 2. The minimum absolute atomic E-state index is 0. The highest BCUT2D eigenvalue weighted by atomic mass is 127. The van der Waals surface area contributed by atoms with Crippen LogP contribution in [-0.4, -0.2) is 45.9 Å². The van der Waals surface area contributed by atoms with Crippen LogP contribution < -0.4 is 15.5 Å². The summed E-state index contributed by atoms with van der Waals surface area (Å²) in [6.45, 7) is 4.93. The Bertz CT molecular complexity index is 766. The normalized spacial score (nSPS) is 14.4.